The molecule has 2 aromatic heterocycles. The molecule has 0 unspecified atom stereocenters. The number of rotatable bonds is 9. The minimum atomic E-state index is -1.62. The van der Waals surface area contributed by atoms with Crippen LogP contribution in [0.3, 0.4) is 0 Å². The average Bonchev–Trinajstić information content (AvgIpc) is 3.19. The predicted molar refractivity (Wildman–Crippen MR) is 108 cm³/mol. The monoisotopic (exact) mass is 406 g/mol. The van der Waals surface area contributed by atoms with Crippen LogP contribution >= 0.6 is 0 Å². The van der Waals surface area contributed by atoms with E-state index in [9.17, 15) is 5.11 Å². The van der Waals surface area contributed by atoms with Crippen LogP contribution in [0.2, 0.25) is 0 Å². The second-order valence-electron chi connectivity index (χ2n) is 8.57. The third-order valence-corrected chi connectivity index (χ3v) is 4.86. The van der Waals surface area contributed by atoms with Crippen LogP contribution in [0.4, 0.5) is 5.82 Å². The second kappa shape index (κ2) is 8.49. The Morgan fingerprint density at radius 2 is 2.17 bits per heavy atom. The molecule has 3 rings (SSSR count). The zero-order chi connectivity index (χ0) is 21.2. The van der Waals surface area contributed by atoms with Crippen molar-refractivity contribution in [1.29, 1.82) is 0 Å². The second-order valence-corrected chi connectivity index (χ2v) is 8.57. The van der Waals surface area contributed by atoms with Crippen molar-refractivity contribution in [3.63, 3.8) is 0 Å². The molecule has 4 N–H and O–H groups in total. The van der Waals surface area contributed by atoms with E-state index in [4.69, 9.17) is 20.9 Å². The van der Waals surface area contributed by atoms with Crippen molar-refractivity contribution in [3.8, 4) is 0 Å². The van der Waals surface area contributed by atoms with Crippen LogP contribution in [-0.4, -0.2) is 69.1 Å². The Morgan fingerprint density at radius 3 is 2.83 bits per heavy atom. The van der Waals surface area contributed by atoms with Gasteiger partial charge in [-0.2, -0.15) is 0 Å². The maximum absolute atomic E-state index is 12.5. The minimum Gasteiger partial charge on any atom is -0.829 e. The highest BCUT2D eigenvalue weighted by molar-refractivity contribution is 5.81. The van der Waals surface area contributed by atoms with E-state index in [1.807, 2.05) is 0 Å². The molecule has 1 saturated heterocycles. The number of nitrogens with two attached hydrogens (primary N) is 2. The van der Waals surface area contributed by atoms with Crippen LogP contribution < -0.4 is 16.6 Å². The molecule has 0 spiro atoms. The number of anilines is 1. The highest BCUT2D eigenvalue weighted by atomic mass is 16.7. The Labute approximate surface area is 171 Å². The lowest BCUT2D eigenvalue weighted by Gasteiger charge is -2.42. The van der Waals surface area contributed by atoms with Crippen molar-refractivity contribution in [2.75, 3.05) is 38.5 Å². The van der Waals surface area contributed by atoms with Crippen LogP contribution in [0, 0.1) is 5.92 Å². The molecule has 0 amide bonds. The third kappa shape index (κ3) is 5.01. The van der Waals surface area contributed by atoms with Crippen molar-refractivity contribution < 1.29 is 14.6 Å². The number of nitrogen functional groups attached to an aromatic ring is 1. The Morgan fingerprint density at radius 1 is 1.41 bits per heavy atom. The number of ether oxygens (including phenoxy) is 2. The van der Waals surface area contributed by atoms with Crippen LogP contribution in [0.25, 0.3) is 11.2 Å². The molecule has 0 bridgehead atoms. The van der Waals surface area contributed by atoms with Gasteiger partial charge < -0.3 is 26.0 Å². The summed E-state index contributed by atoms with van der Waals surface area (Å²) in [6.07, 6.45) is 3.36. The van der Waals surface area contributed by atoms with Crippen molar-refractivity contribution in [3.05, 3.63) is 12.7 Å². The zero-order valence-electron chi connectivity index (χ0n) is 17.7. The van der Waals surface area contributed by atoms with Crippen molar-refractivity contribution in [1.82, 2.24) is 24.4 Å². The summed E-state index contributed by atoms with van der Waals surface area (Å²) < 4.78 is 13.9. The van der Waals surface area contributed by atoms with E-state index in [0.717, 1.165) is 13.1 Å². The molecule has 0 aromatic carbocycles. The summed E-state index contributed by atoms with van der Waals surface area (Å²) >= 11 is 0. The molecule has 3 heterocycles. The zero-order valence-corrected chi connectivity index (χ0v) is 17.7. The van der Waals surface area contributed by atoms with Crippen LogP contribution in [-0.2, 0) is 15.2 Å². The summed E-state index contributed by atoms with van der Waals surface area (Å²) in [4.78, 5) is 14.9. The van der Waals surface area contributed by atoms with Gasteiger partial charge in [-0.25, -0.2) is 15.0 Å². The minimum absolute atomic E-state index is 0.112. The molecule has 0 aliphatic carbocycles. The van der Waals surface area contributed by atoms with Crippen LogP contribution in [0.15, 0.2) is 12.7 Å². The molecule has 1 aliphatic heterocycles. The van der Waals surface area contributed by atoms with Gasteiger partial charge in [0.2, 0.25) is 0 Å². The van der Waals surface area contributed by atoms with E-state index in [-0.39, 0.29) is 18.5 Å². The van der Waals surface area contributed by atoms with E-state index in [1.165, 1.54) is 20.2 Å². The number of nitrogens with zero attached hydrogens (tertiary/aromatic N) is 5. The van der Waals surface area contributed by atoms with E-state index >= 15 is 0 Å². The number of fused-ring (bicyclic) bond motifs is 1. The number of aromatic nitrogens is 4. The topological polar surface area (TPSA) is 140 Å². The molecule has 10 heteroatoms. The molecular formula is C19H32N7O3-. The van der Waals surface area contributed by atoms with Gasteiger partial charge in [-0.15, -0.1) is 0 Å². The van der Waals surface area contributed by atoms with E-state index < -0.39 is 11.5 Å². The van der Waals surface area contributed by atoms with Crippen LogP contribution in [0.5, 0.6) is 0 Å². The lowest BCUT2D eigenvalue weighted by molar-refractivity contribution is -0.562. The van der Waals surface area contributed by atoms with Gasteiger partial charge in [-0.05, 0) is 11.7 Å². The molecule has 0 radical (unpaired) electrons. The first kappa shape index (κ1) is 21.8. The fourth-order valence-electron chi connectivity index (χ4n) is 3.98. The van der Waals surface area contributed by atoms with Gasteiger partial charge in [0, 0.05) is 32.6 Å². The Kier molecular flexibility index (Phi) is 6.39. The largest absolute Gasteiger partial charge is 0.829 e. The molecular weight excluding hydrogens is 374 g/mol. The highest BCUT2D eigenvalue weighted by Crippen LogP contribution is 2.37. The SMILES string of the molecule is CC(C)CN(CCN)C[C@@H]1C[C@@](OC(C)(C)[O-])(n2cnc3c(N)ncnc32)CO1. The van der Waals surface area contributed by atoms with Gasteiger partial charge in [0.25, 0.3) is 0 Å². The predicted octanol–water partition coefficient (Wildman–Crippen LogP) is -0.120. The number of imidazole rings is 1. The van der Waals surface area contributed by atoms with Gasteiger partial charge in [0.15, 0.2) is 17.2 Å². The standard InChI is InChI=1S/C19H32N7O3/c1-13(2)8-25(6-5-20)9-14-7-19(10-28-14,29-18(3,4)27)26-12-24-15-16(21)22-11-23-17(15)26/h11-14H,5-10,20H2,1-4H3,(H2,21,22,23)/q-1/t14-,19-/m0/s1. The fourth-order valence-corrected chi connectivity index (χ4v) is 3.98. The Hall–Kier alpha value is -1.85. The number of hydrogen-bond acceptors (Lipinski definition) is 9. The Bertz CT molecular complexity index is 820. The van der Waals surface area contributed by atoms with Gasteiger partial charge in [0.1, 0.15) is 11.8 Å². The fraction of sp³-hybridized carbons (Fsp3) is 0.737. The van der Waals surface area contributed by atoms with Crippen molar-refractivity contribution in [2.24, 2.45) is 11.7 Å². The van der Waals surface area contributed by atoms with E-state index in [1.54, 1.807) is 10.9 Å². The maximum Gasteiger partial charge on any atom is 0.172 e. The summed E-state index contributed by atoms with van der Waals surface area (Å²) in [5, 5.41) is 12.5. The van der Waals surface area contributed by atoms with Gasteiger partial charge in [-0.3, -0.25) is 9.47 Å². The van der Waals surface area contributed by atoms with Gasteiger partial charge in [0.05, 0.1) is 19.0 Å². The lowest BCUT2D eigenvalue weighted by Crippen LogP contribution is -2.51. The molecule has 0 saturated carbocycles. The quantitative estimate of drug-likeness (QED) is 0.545. The van der Waals surface area contributed by atoms with Crippen molar-refractivity contribution in [2.45, 2.75) is 51.7 Å². The molecule has 29 heavy (non-hydrogen) atoms. The summed E-state index contributed by atoms with van der Waals surface area (Å²) in [7, 11) is 0. The highest BCUT2D eigenvalue weighted by Gasteiger charge is 2.46. The summed E-state index contributed by atoms with van der Waals surface area (Å²) in [5.74, 6) is -0.823. The molecule has 162 valence electrons. The molecule has 1 fully saturated rings. The smallest absolute Gasteiger partial charge is 0.172 e. The normalized spacial score (nSPS) is 23.0. The molecule has 2 aromatic rings. The maximum atomic E-state index is 12.5. The summed E-state index contributed by atoms with van der Waals surface area (Å²) in [6, 6.07) is 0. The number of hydrogen-bond donors (Lipinski definition) is 2. The first-order valence-corrected chi connectivity index (χ1v) is 10.0. The lowest BCUT2D eigenvalue weighted by atomic mass is 10.1. The average molecular weight is 407 g/mol. The van der Waals surface area contributed by atoms with Crippen molar-refractivity contribution >= 4 is 17.0 Å². The van der Waals surface area contributed by atoms with Gasteiger partial charge >= 0.3 is 0 Å². The van der Waals surface area contributed by atoms with E-state index in [2.05, 4.69) is 33.7 Å². The molecule has 1 aliphatic rings. The van der Waals surface area contributed by atoms with Crippen LogP contribution in [0.1, 0.15) is 34.1 Å². The molecule has 2 atom stereocenters. The van der Waals surface area contributed by atoms with E-state index in [0.29, 0.717) is 36.6 Å². The summed E-state index contributed by atoms with van der Waals surface area (Å²) in [5.41, 5.74) is 11.7. The first-order chi connectivity index (χ1) is 13.6. The Balaban J connectivity index is 1.89. The first-order valence-electron chi connectivity index (χ1n) is 10.0. The molecule has 10 nitrogen and oxygen atoms in total. The van der Waals surface area contributed by atoms with Gasteiger partial charge in [-0.1, -0.05) is 27.7 Å². The summed E-state index contributed by atoms with van der Waals surface area (Å²) in [6.45, 7) is 10.6. The third-order valence-electron chi connectivity index (χ3n) is 4.86.